The van der Waals surface area contributed by atoms with Crippen molar-refractivity contribution in [1.82, 2.24) is 9.97 Å². The van der Waals surface area contributed by atoms with E-state index in [4.69, 9.17) is 0 Å². The lowest BCUT2D eigenvalue weighted by Crippen LogP contribution is -2.25. The van der Waals surface area contributed by atoms with E-state index in [-0.39, 0.29) is 34.6 Å². The molecule has 0 unspecified atom stereocenters. The fraction of sp³-hybridized carbons (Fsp3) is 0.200. The van der Waals surface area contributed by atoms with Crippen LogP contribution in [-0.4, -0.2) is 9.97 Å². The predicted molar refractivity (Wildman–Crippen MR) is 157 cm³/mol. The van der Waals surface area contributed by atoms with Gasteiger partial charge in [0.25, 0.3) is 0 Å². The molecule has 0 N–H and O–H groups in total. The molecule has 0 aliphatic heterocycles. The maximum Gasteiger partial charge on any atom is 0.432 e. The highest BCUT2D eigenvalue weighted by Gasteiger charge is 2.42. The molecule has 0 saturated heterocycles. The van der Waals surface area contributed by atoms with Crippen LogP contribution in [0, 0.1) is 34.9 Å². The standard InChI is InChI=1S/C35H23F11N2O/c1-2-3-4-5-18-16-47-33(48-17-18)21-13-29(40)32(30(41)14-21)35(45,46)49-22-7-9-23(26(37)15-22)19-6-8-24(25(36)10-19)20-11-27(38)31(28(39)12-20)34(42,43)44/h6-17H,2-5H2,1H3. The summed E-state index contributed by atoms with van der Waals surface area (Å²) >= 11 is 0. The minimum atomic E-state index is -5.34. The molecule has 0 radical (unpaired) electrons. The van der Waals surface area contributed by atoms with E-state index < -0.39 is 75.2 Å². The van der Waals surface area contributed by atoms with Gasteiger partial charge in [0.1, 0.15) is 51.8 Å². The summed E-state index contributed by atoms with van der Waals surface area (Å²) < 4.78 is 161. The predicted octanol–water partition coefficient (Wildman–Crippen LogP) is 11.2. The summed E-state index contributed by atoms with van der Waals surface area (Å²) in [4.78, 5) is 8.12. The Balaban J connectivity index is 1.35. The Hall–Kier alpha value is -5.01. The Morgan fingerprint density at radius 3 is 1.63 bits per heavy atom. The number of unbranched alkanes of at least 4 members (excludes halogenated alkanes) is 2. The Morgan fingerprint density at radius 1 is 0.571 bits per heavy atom. The Bertz CT molecular complexity index is 1950. The lowest BCUT2D eigenvalue weighted by molar-refractivity contribution is -0.189. The molecule has 256 valence electrons. The normalized spacial score (nSPS) is 12.0. The van der Waals surface area contributed by atoms with Crippen molar-refractivity contribution < 1.29 is 53.0 Å². The Kier molecular flexibility index (Phi) is 9.97. The maximum atomic E-state index is 15.0. The van der Waals surface area contributed by atoms with Crippen molar-refractivity contribution >= 4 is 0 Å². The molecule has 0 saturated carbocycles. The SMILES string of the molecule is CCCCCc1cnc(-c2cc(F)c(C(F)(F)Oc3ccc(-c4ccc(-c5cc(F)c(C(F)(F)F)c(F)c5)c(F)c4)c(F)c3)c(F)c2)nc1. The molecule has 5 rings (SSSR count). The fourth-order valence-corrected chi connectivity index (χ4v) is 5.10. The maximum absolute atomic E-state index is 15.0. The Labute approximate surface area is 272 Å². The minimum Gasteiger partial charge on any atom is -0.429 e. The van der Waals surface area contributed by atoms with Crippen LogP contribution in [0.25, 0.3) is 33.6 Å². The zero-order valence-corrected chi connectivity index (χ0v) is 25.2. The molecule has 1 aromatic heterocycles. The lowest BCUT2D eigenvalue weighted by Gasteiger charge is -2.20. The first-order valence-electron chi connectivity index (χ1n) is 14.6. The van der Waals surface area contributed by atoms with Crippen LogP contribution in [0.1, 0.15) is 42.9 Å². The first kappa shape index (κ1) is 35.3. The first-order chi connectivity index (χ1) is 23.1. The Morgan fingerprint density at radius 2 is 1.08 bits per heavy atom. The van der Waals surface area contributed by atoms with Crippen LogP contribution >= 0.6 is 0 Å². The van der Waals surface area contributed by atoms with Gasteiger partial charge in [-0.1, -0.05) is 31.9 Å². The number of benzene rings is 4. The van der Waals surface area contributed by atoms with Crippen LogP contribution < -0.4 is 4.74 Å². The van der Waals surface area contributed by atoms with E-state index in [1.165, 1.54) is 12.4 Å². The number of aryl methyl sites for hydroxylation is 1. The van der Waals surface area contributed by atoms with E-state index in [0.717, 1.165) is 49.1 Å². The number of aromatic nitrogens is 2. The molecule has 4 aromatic carbocycles. The number of ether oxygens (including phenoxy) is 1. The lowest BCUT2D eigenvalue weighted by atomic mass is 9.98. The summed E-state index contributed by atoms with van der Waals surface area (Å²) in [5.74, 6) is -10.7. The number of alkyl halides is 5. The van der Waals surface area contributed by atoms with E-state index in [9.17, 15) is 35.1 Å². The second-order valence-corrected chi connectivity index (χ2v) is 11.0. The van der Waals surface area contributed by atoms with Crippen molar-refractivity contribution in [2.24, 2.45) is 0 Å². The average molecular weight is 697 g/mol. The molecule has 3 nitrogen and oxygen atoms in total. The third-order valence-corrected chi connectivity index (χ3v) is 7.47. The summed E-state index contributed by atoms with van der Waals surface area (Å²) in [5, 5.41) is 0. The van der Waals surface area contributed by atoms with Crippen molar-refractivity contribution in [2.45, 2.75) is 44.9 Å². The molecule has 49 heavy (non-hydrogen) atoms. The summed E-state index contributed by atoms with van der Waals surface area (Å²) in [6, 6.07) is 6.65. The quantitative estimate of drug-likeness (QED) is 0.108. The molecule has 1 heterocycles. The van der Waals surface area contributed by atoms with Crippen LogP contribution in [0.2, 0.25) is 0 Å². The second kappa shape index (κ2) is 13.8. The van der Waals surface area contributed by atoms with Crippen LogP contribution in [0.4, 0.5) is 48.3 Å². The summed E-state index contributed by atoms with van der Waals surface area (Å²) in [7, 11) is 0. The third-order valence-electron chi connectivity index (χ3n) is 7.47. The number of nitrogens with zero attached hydrogens (tertiary/aromatic N) is 2. The van der Waals surface area contributed by atoms with Gasteiger partial charge in [-0.25, -0.2) is 36.3 Å². The largest absolute Gasteiger partial charge is 0.432 e. The molecule has 0 amide bonds. The summed E-state index contributed by atoms with van der Waals surface area (Å²) in [6.07, 6.45) is -3.44. The molecule has 14 heteroatoms. The number of halogens is 11. The topological polar surface area (TPSA) is 35.0 Å². The van der Waals surface area contributed by atoms with E-state index in [1.807, 2.05) is 6.92 Å². The molecule has 0 atom stereocenters. The molecular formula is C35H23F11N2O. The molecule has 0 spiro atoms. The van der Waals surface area contributed by atoms with Gasteiger partial charge in [0, 0.05) is 35.2 Å². The number of rotatable bonds is 10. The van der Waals surface area contributed by atoms with E-state index in [1.54, 1.807) is 0 Å². The minimum absolute atomic E-state index is 0.103. The number of hydrogen-bond acceptors (Lipinski definition) is 3. The summed E-state index contributed by atoms with van der Waals surface area (Å²) in [6.45, 7) is 2.04. The monoisotopic (exact) mass is 696 g/mol. The van der Waals surface area contributed by atoms with E-state index >= 15 is 13.2 Å². The van der Waals surface area contributed by atoms with Crippen molar-refractivity contribution in [3.63, 3.8) is 0 Å². The zero-order valence-electron chi connectivity index (χ0n) is 25.2. The van der Waals surface area contributed by atoms with Crippen LogP contribution in [-0.2, 0) is 18.7 Å². The van der Waals surface area contributed by atoms with Crippen LogP contribution in [0.15, 0.2) is 73.1 Å². The van der Waals surface area contributed by atoms with Gasteiger partial charge in [0.2, 0.25) is 0 Å². The molecule has 0 bridgehead atoms. The van der Waals surface area contributed by atoms with Crippen molar-refractivity contribution in [2.75, 3.05) is 0 Å². The summed E-state index contributed by atoms with van der Waals surface area (Å²) in [5.41, 5.74) is -4.99. The first-order valence-corrected chi connectivity index (χ1v) is 14.6. The van der Waals surface area contributed by atoms with Gasteiger partial charge in [0.05, 0.1) is 0 Å². The van der Waals surface area contributed by atoms with Gasteiger partial charge in [-0.3, -0.25) is 0 Å². The van der Waals surface area contributed by atoms with Gasteiger partial charge in [-0.05, 0) is 72.0 Å². The van der Waals surface area contributed by atoms with Gasteiger partial charge < -0.3 is 4.74 Å². The highest BCUT2D eigenvalue weighted by molar-refractivity contribution is 5.72. The fourth-order valence-electron chi connectivity index (χ4n) is 5.10. The van der Waals surface area contributed by atoms with E-state index in [2.05, 4.69) is 14.7 Å². The van der Waals surface area contributed by atoms with Crippen molar-refractivity contribution in [3.8, 4) is 39.4 Å². The third kappa shape index (κ3) is 7.68. The highest BCUT2D eigenvalue weighted by atomic mass is 19.4. The zero-order chi connectivity index (χ0) is 35.7. The average Bonchev–Trinajstić information content (AvgIpc) is 3.00. The van der Waals surface area contributed by atoms with Gasteiger partial charge in [-0.15, -0.1) is 0 Å². The molecule has 0 fully saturated rings. The van der Waals surface area contributed by atoms with Gasteiger partial charge in [0.15, 0.2) is 5.82 Å². The van der Waals surface area contributed by atoms with Crippen molar-refractivity contribution in [3.05, 3.63) is 125 Å². The molecule has 0 aliphatic rings. The van der Waals surface area contributed by atoms with Crippen LogP contribution in [0.3, 0.4) is 0 Å². The highest BCUT2D eigenvalue weighted by Crippen LogP contribution is 2.39. The molecule has 5 aromatic rings. The second-order valence-electron chi connectivity index (χ2n) is 11.0. The molecular weight excluding hydrogens is 673 g/mol. The van der Waals surface area contributed by atoms with Crippen molar-refractivity contribution in [1.29, 1.82) is 0 Å². The van der Waals surface area contributed by atoms with E-state index in [0.29, 0.717) is 30.7 Å². The smallest absolute Gasteiger partial charge is 0.429 e. The van der Waals surface area contributed by atoms with Gasteiger partial charge in [-0.2, -0.15) is 22.0 Å². The molecule has 0 aliphatic carbocycles. The van der Waals surface area contributed by atoms with Gasteiger partial charge >= 0.3 is 12.3 Å². The number of hydrogen-bond donors (Lipinski definition) is 0. The van der Waals surface area contributed by atoms with Crippen LogP contribution in [0.5, 0.6) is 5.75 Å².